The third-order valence-corrected chi connectivity index (χ3v) is 9.98. The van der Waals surface area contributed by atoms with Crippen LogP contribution in [-0.2, 0) is 0 Å². The van der Waals surface area contributed by atoms with Crippen LogP contribution >= 0.6 is 0 Å². The molecule has 0 N–H and O–H groups in total. The van der Waals surface area contributed by atoms with Gasteiger partial charge >= 0.3 is 0 Å². The molecule has 0 radical (unpaired) electrons. The minimum Gasteiger partial charge on any atom is -0.309 e. The fourth-order valence-electron chi connectivity index (χ4n) is 7.71. The molecule has 2 aromatic heterocycles. The molecule has 7 aromatic carbocycles. The second-order valence-electron chi connectivity index (χ2n) is 12.8. The van der Waals surface area contributed by atoms with Crippen LogP contribution in [0.25, 0.3) is 88.0 Å². The van der Waals surface area contributed by atoms with Crippen LogP contribution in [0.1, 0.15) is 18.5 Å². The van der Waals surface area contributed by atoms with Crippen LogP contribution in [0.5, 0.6) is 0 Å². The van der Waals surface area contributed by atoms with Gasteiger partial charge in [-0.05, 0) is 76.7 Å². The summed E-state index contributed by atoms with van der Waals surface area (Å²) in [5.74, 6) is 0. The summed E-state index contributed by atoms with van der Waals surface area (Å²) in [6.45, 7) is 0. The van der Waals surface area contributed by atoms with Gasteiger partial charge in [0.05, 0.1) is 33.5 Å². The normalized spacial score (nSPS) is 13.2. The summed E-state index contributed by atoms with van der Waals surface area (Å²) in [5, 5.41) is 7.15. The number of fused-ring (bicyclic) bond motifs is 9. The Balaban J connectivity index is 1.20. The highest BCUT2D eigenvalue weighted by molar-refractivity contribution is 6.23. The van der Waals surface area contributed by atoms with E-state index in [1.54, 1.807) is 0 Å². The third-order valence-electron chi connectivity index (χ3n) is 9.98. The van der Waals surface area contributed by atoms with E-state index in [2.05, 4.69) is 168 Å². The maximum atomic E-state index is 5.52. The fourth-order valence-corrected chi connectivity index (χ4v) is 7.71. The van der Waals surface area contributed by atoms with Crippen LogP contribution in [0, 0.1) is 0 Å². The summed E-state index contributed by atoms with van der Waals surface area (Å²) in [6.07, 6.45) is 8.82. The molecule has 0 fully saturated rings. The lowest BCUT2D eigenvalue weighted by Crippen LogP contribution is -2.01. The lowest BCUT2D eigenvalue weighted by molar-refractivity contribution is 1.04. The van der Waals surface area contributed by atoms with Crippen molar-refractivity contribution < 1.29 is 0 Å². The van der Waals surface area contributed by atoms with Gasteiger partial charge < -0.3 is 4.57 Å². The van der Waals surface area contributed by atoms with E-state index in [0.29, 0.717) is 0 Å². The van der Waals surface area contributed by atoms with Gasteiger partial charge in [-0.1, -0.05) is 127 Å². The molecule has 0 saturated heterocycles. The van der Waals surface area contributed by atoms with Crippen molar-refractivity contribution >= 4 is 60.0 Å². The Morgan fingerprint density at radius 2 is 1.04 bits per heavy atom. The quantitative estimate of drug-likeness (QED) is 0.182. The van der Waals surface area contributed by atoms with Crippen molar-refractivity contribution in [1.29, 1.82) is 0 Å². The second-order valence-corrected chi connectivity index (χ2v) is 12.8. The number of aromatic nitrogens is 3. The zero-order chi connectivity index (χ0) is 32.3. The predicted molar refractivity (Wildman–Crippen MR) is 206 cm³/mol. The van der Waals surface area contributed by atoms with Crippen LogP contribution in [-0.4, -0.2) is 14.5 Å². The second kappa shape index (κ2) is 11.1. The Bertz CT molecular complexity index is 2820. The Morgan fingerprint density at radius 1 is 0.429 bits per heavy atom. The highest BCUT2D eigenvalue weighted by atomic mass is 15.0. The highest BCUT2D eigenvalue weighted by Gasteiger charge is 2.19. The molecule has 10 rings (SSSR count). The number of para-hydroxylation sites is 2. The van der Waals surface area contributed by atoms with Crippen LogP contribution in [0.4, 0.5) is 0 Å². The third kappa shape index (κ3) is 4.43. The van der Waals surface area contributed by atoms with E-state index in [1.807, 2.05) is 0 Å². The minimum absolute atomic E-state index is 0.911. The van der Waals surface area contributed by atoms with E-state index < -0.39 is 0 Å². The van der Waals surface area contributed by atoms with Gasteiger partial charge in [0.1, 0.15) is 0 Å². The molecule has 0 unspecified atom stereocenters. The lowest BCUT2D eigenvalue weighted by atomic mass is 9.95. The monoisotopic (exact) mass is 625 g/mol. The first-order chi connectivity index (χ1) is 24.3. The zero-order valence-electron chi connectivity index (χ0n) is 26.8. The summed E-state index contributed by atoms with van der Waals surface area (Å²) in [6, 6.07) is 52.2. The SMILES string of the molecule is C1=CC(c2nc3c4ccccc4c4ccccc4c3nc2-c2cccc(-c3ccc4c(c3)c3ccccc3n4-c3ccccc3)c2)=CCC1. The van der Waals surface area contributed by atoms with Gasteiger partial charge in [0.2, 0.25) is 0 Å². The number of rotatable bonds is 4. The van der Waals surface area contributed by atoms with Crippen molar-refractivity contribution in [2.45, 2.75) is 12.8 Å². The minimum atomic E-state index is 0.911. The van der Waals surface area contributed by atoms with Crippen molar-refractivity contribution in [2.75, 3.05) is 0 Å². The standard InChI is InChI=1S/C46H31N3/c1-3-14-30(15-4-1)43-44(48-46-39-24-10-8-21-36(39)35-20-7-9-23-38(35)45(46)47-43)33-17-13-16-31(28-33)32-26-27-42-40(29-32)37-22-11-12-25-41(37)49(42)34-18-5-2-6-19-34/h2-3,5-29H,1,4H2. The Morgan fingerprint density at radius 3 is 1.78 bits per heavy atom. The first-order valence-corrected chi connectivity index (χ1v) is 17.0. The first kappa shape index (κ1) is 27.8. The molecule has 3 heteroatoms. The molecule has 9 aromatic rings. The molecule has 3 nitrogen and oxygen atoms in total. The first-order valence-electron chi connectivity index (χ1n) is 17.0. The molecule has 49 heavy (non-hydrogen) atoms. The van der Waals surface area contributed by atoms with E-state index >= 15 is 0 Å². The zero-order valence-corrected chi connectivity index (χ0v) is 26.8. The van der Waals surface area contributed by atoms with Gasteiger partial charge in [0.15, 0.2) is 0 Å². The highest BCUT2D eigenvalue weighted by Crippen LogP contribution is 2.39. The van der Waals surface area contributed by atoms with Crippen molar-refractivity contribution in [3.05, 3.63) is 170 Å². The van der Waals surface area contributed by atoms with Crippen LogP contribution in [0.15, 0.2) is 164 Å². The van der Waals surface area contributed by atoms with Gasteiger partial charge in [-0.2, -0.15) is 0 Å². The lowest BCUT2D eigenvalue weighted by Gasteiger charge is -2.16. The Hall–Kier alpha value is -6.32. The summed E-state index contributed by atoms with van der Waals surface area (Å²) in [4.78, 5) is 11.0. The number of benzene rings is 7. The van der Waals surface area contributed by atoms with Crippen molar-refractivity contribution in [1.82, 2.24) is 14.5 Å². The summed E-state index contributed by atoms with van der Waals surface area (Å²) < 4.78 is 2.36. The molecule has 0 amide bonds. The van der Waals surface area contributed by atoms with Crippen LogP contribution in [0.2, 0.25) is 0 Å². The van der Waals surface area contributed by atoms with E-state index in [4.69, 9.17) is 9.97 Å². The molecule has 0 aliphatic heterocycles. The van der Waals surface area contributed by atoms with Gasteiger partial charge in [0, 0.05) is 32.8 Å². The van der Waals surface area contributed by atoms with Crippen molar-refractivity contribution in [2.24, 2.45) is 0 Å². The molecule has 1 aliphatic carbocycles. The molecule has 1 aliphatic rings. The van der Waals surface area contributed by atoms with E-state index in [1.165, 1.54) is 38.1 Å². The van der Waals surface area contributed by atoms with E-state index in [0.717, 1.165) is 68.4 Å². The summed E-state index contributed by atoms with van der Waals surface area (Å²) >= 11 is 0. The van der Waals surface area contributed by atoms with Gasteiger partial charge in [0.25, 0.3) is 0 Å². The summed E-state index contributed by atoms with van der Waals surface area (Å²) in [5.41, 5.74) is 11.8. The Kier molecular flexibility index (Phi) is 6.31. The largest absolute Gasteiger partial charge is 0.309 e. The number of hydrogen-bond acceptors (Lipinski definition) is 2. The maximum absolute atomic E-state index is 5.52. The molecule has 2 heterocycles. The summed E-state index contributed by atoms with van der Waals surface area (Å²) in [7, 11) is 0. The molecular weight excluding hydrogens is 595 g/mol. The van der Waals surface area contributed by atoms with Crippen LogP contribution < -0.4 is 0 Å². The smallest absolute Gasteiger partial charge is 0.0979 e. The van der Waals surface area contributed by atoms with Gasteiger partial charge in [-0.3, -0.25) is 0 Å². The maximum Gasteiger partial charge on any atom is 0.0979 e. The average molecular weight is 626 g/mol. The van der Waals surface area contributed by atoms with E-state index in [-0.39, 0.29) is 0 Å². The number of nitrogens with zero attached hydrogens (tertiary/aromatic N) is 3. The molecule has 0 saturated carbocycles. The molecule has 230 valence electrons. The van der Waals surface area contributed by atoms with Crippen LogP contribution in [0.3, 0.4) is 0 Å². The van der Waals surface area contributed by atoms with Gasteiger partial charge in [-0.25, -0.2) is 9.97 Å². The topological polar surface area (TPSA) is 30.7 Å². The van der Waals surface area contributed by atoms with Crippen molar-refractivity contribution in [3.63, 3.8) is 0 Å². The predicted octanol–water partition coefficient (Wildman–Crippen LogP) is 12.1. The fraction of sp³-hybridized carbons (Fsp3) is 0.0435. The molecule has 0 bridgehead atoms. The molecule has 0 atom stereocenters. The Labute approximate surface area is 284 Å². The number of hydrogen-bond donors (Lipinski definition) is 0. The van der Waals surface area contributed by atoms with E-state index in [9.17, 15) is 0 Å². The van der Waals surface area contributed by atoms with Crippen molar-refractivity contribution in [3.8, 4) is 28.1 Å². The number of allylic oxidation sites excluding steroid dienone is 4. The van der Waals surface area contributed by atoms with Gasteiger partial charge in [-0.15, -0.1) is 0 Å². The molecule has 0 spiro atoms. The average Bonchev–Trinajstić information content (AvgIpc) is 3.52. The molecular formula is C46H31N3.